The molecule has 7 nitrogen and oxygen atoms in total. The Balaban J connectivity index is 2.20. The lowest BCUT2D eigenvalue weighted by Crippen LogP contribution is -2.30. The zero-order valence-corrected chi connectivity index (χ0v) is 13.8. The molecule has 2 aromatic rings. The van der Waals surface area contributed by atoms with Gasteiger partial charge in [-0.25, -0.2) is 4.79 Å². The van der Waals surface area contributed by atoms with Crippen molar-refractivity contribution in [3.05, 3.63) is 52.5 Å². The molecule has 124 valence electrons. The summed E-state index contributed by atoms with van der Waals surface area (Å²) in [5.74, 6) is -1.24. The molecule has 1 aliphatic heterocycles. The van der Waals surface area contributed by atoms with Gasteiger partial charge in [0.25, 0.3) is 0 Å². The first-order valence-electron chi connectivity index (χ1n) is 7.73. The van der Waals surface area contributed by atoms with E-state index in [2.05, 4.69) is 27.7 Å². The minimum Gasteiger partial charge on any atom is -0.461 e. The number of nitrogens with zero attached hydrogens (tertiary/aromatic N) is 3. The number of aromatic nitrogens is 2. The Morgan fingerprint density at radius 3 is 2.76 bits per heavy atom. The van der Waals surface area contributed by atoms with Crippen molar-refractivity contribution in [3.63, 3.8) is 0 Å². The van der Waals surface area contributed by atoms with Gasteiger partial charge in [-0.1, -0.05) is 6.07 Å². The van der Waals surface area contributed by atoms with Gasteiger partial charge in [-0.05, 0) is 31.5 Å². The van der Waals surface area contributed by atoms with Crippen molar-refractivity contribution in [2.75, 3.05) is 6.61 Å². The van der Waals surface area contributed by atoms with E-state index in [9.17, 15) is 15.3 Å². The summed E-state index contributed by atoms with van der Waals surface area (Å²) in [5, 5.41) is 29.8. The van der Waals surface area contributed by atoms with E-state index in [1.807, 2.05) is 18.2 Å². The molecule has 0 saturated heterocycles. The standard InChI is InChI=1S/C18H15N5O2/c1-3-25-18(24)17-14(8-20)16(13(7-19)10(2)22-17)11-4-5-15-12(6-11)9-21-23-15/h4-6,9,16,22H,3H2,1-2H3,(H,21,23). The number of aromatic amines is 1. The van der Waals surface area contributed by atoms with E-state index in [1.165, 1.54) is 0 Å². The van der Waals surface area contributed by atoms with E-state index in [0.29, 0.717) is 11.3 Å². The van der Waals surface area contributed by atoms with Gasteiger partial charge in [0.2, 0.25) is 0 Å². The van der Waals surface area contributed by atoms with Gasteiger partial charge in [0, 0.05) is 11.1 Å². The van der Waals surface area contributed by atoms with E-state index in [0.717, 1.165) is 16.5 Å². The van der Waals surface area contributed by atoms with Crippen molar-refractivity contribution >= 4 is 16.9 Å². The number of allylic oxidation sites excluding steroid dienone is 3. The third-order valence-corrected chi connectivity index (χ3v) is 4.08. The van der Waals surface area contributed by atoms with Gasteiger partial charge < -0.3 is 10.1 Å². The fraction of sp³-hybridized carbons (Fsp3) is 0.222. The van der Waals surface area contributed by atoms with Crippen molar-refractivity contribution < 1.29 is 9.53 Å². The zero-order chi connectivity index (χ0) is 18.0. The number of carbonyl (C=O) groups is 1. The smallest absolute Gasteiger partial charge is 0.355 e. The average Bonchev–Trinajstić information content (AvgIpc) is 3.08. The lowest BCUT2D eigenvalue weighted by molar-refractivity contribution is -0.139. The maximum absolute atomic E-state index is 12.2. The second-order valence-corrected chi connectivity index (χ2v) is 5.55. The lowest BCUT2D eigenvalue weighted by Gasteiger charge is -2.26. The summed E-state index contributed by atoms with van der Waals surface area (Å²) in [5.41, 5.74) is 2.77. The predicted octanol–water partition coefficient (Wildman–Crippen LogP) is 2.39. The van der Waals surface area contributed by atoms with Crippen LogP contribution in [0.2, 0.25) is 0 Å². The Hall–Kier alpha value is -3.58. The third kappa shape index (κ3) is 2.73. The molecule has 0 radical (unpaired) electrons. The monoisotopic (exact) mass is 333 g/mol. The topological polar surface area (TPSA) is 115 Å². The van der Waals surface area contributed by atoms with Crippen molar-refractivity contribution in [2.45, 2.75) is 19.8 Å². The van der Waals surface area contributed by atoms with Gasteiger partial charge in [-0.15, -0.1) is 0 Å². The fourth-order valence-electron chi connectivity index (χ4n) is 2.93. The first kappa shape index (κ1) is 16.3. The van der Waals surface area contributed by atoms with Crippen LogP contribution in [0.5, 0.6) is 0 Å². The third-order valence-electron chi connectivity index (χ3n) is 4.08. The number of rotatable bonds is 3. The number of fused-ring (bicyclic) bond motifs is 1. The summed E-state index contributed by atoms with van der Waals surface area (Å²) >= 11 is 0. The van der Waals surface area contributed by atoms with Gasteiger partial charge in [-0.2, -0.15) is 15.6 Å². The van der Waals surface area contributed by atoms with Crippen LogP contribution in [-0.4, -0.2) is 22.8 Å². The van der Waals surface area contributed by atoms with Crippen LogP contribution >= 0.6 is 0 Å². The number of nitriles is 2. The van der Waals surface area contributed by atoms with E-state index in [4.69, 9.17) is 4.74 Å². The number of nitrogens with one attached hydrogen (secondary N) is 2. The first-order chi connectivity index (χ1) is 12.1. The second-order valence-electron chi connectivity index (χ2n) is 5.55. The second kappa shape index (κ2) is 6.50. The van der Waals surface area contributed by atoms with Crippen molar-refractivity contribution in [1.29, 1.82) is 10.5 Å². The van der Waals surface area contributed by atoms with Crippen LogP contribution in [0, 0.1) is 22.7 Å². The molecule has 25 heavy (non-hydrogen) atoms. The Labute approximate surface area is 144 Å². The van der Waals surface area contributed by atoms with E-state index in [-0.39, 0.29) is 17.9 Å². The largest absolute Gasteiger partial charge is 0.461 e. The number of dihydropyridines is 1. The molecule has 1 unspecified atom stereocenters. The van der Waals surface area contributed by atoms with Crippen LogP contribution in [0.3, 0.4) is 0 Å². The van der Waals surface area contributed by atoms with Gasteiger partial charge in [0.15, 0.2) is 0 Å². The van der Waals surface area contributed by atoms with Crippen LogP contribution in [0.15, 0.2) is 46.9 Å². The Bertz CT molecular complexity index is 1000. The number of carbonyl (C=O) groups excluding carboxylic acids is 1. The number of hydrogen-bond acceptors (Lipinski definition) is 6. The Morgan fingerprint density at radius 1 is 1.32 bits per heavy atom. The normalized spacial score (nSPS) is 17.0. The molecule has 0 saturated carbocycles. The molecule has 0 aliphatic carbocycles. The summed E-state index contributed by atoms with van der Waals surface area (Å²) in [6, 6.07) is 9.75. The summed E-state index contributed by atoms with van der Waals surface area (Å²) in [4.78, 5) is 12.2. The molecule has 1 atom stereocenters. The number of hydrogen-bond donors (Lipinski definition) is 2. The summed E-state index contributed by atoms with van der Waals surface area (Å²) in [7, 11) is 0. The molecule has 1 aromatic heterocycles. The molecule has 3 rings (SSSR count). The SMILES string of the molecule is CCOC(=O)C1=C(C#N)C(c2ccc3[nH]ncc3c2)C(C#N)=C(C)N1. The maximum Gasteiger partial charge on any atom is 0.355 e. The zero-order valence-electron chi connectivity index (χ0n) is 13.8. The van der Waals surface area contributed by atoms with Crippen molar-refractivity contribution in [3.8, 4) is 12.1 Å². The molecule has 0 fully saturated rings. The number of H-pyrrole nitrogens is 1. The van der Waals surface area contributed by atoms with E-state index in [1.54, 1.807) is 20.0 Å². The molecule has 2 heterocycles. The molecule has 1 aliphatic rings. The summed E-state index contributed by atoms with van der Waals surface area (Å²) in [6.45, 7) is 3.60. The van der Waals surface area contributed by atoms with Gasteiger partial charge in [0.05, 0.1) is 47.5 Å². The molecule has 1 aromatic carbocycles. The molecule has 0 spiro atoms. The molecule has 0 bridgehead atoms. The highest BCUT2D eigenvalue weighted by atomic mass is 16.5. The Kier molecular flexibility index (Phi) is 4.23. The van der Waals surface area contributed by atoms with Crippen LogP contribution in [0.25, 0.3) is 10.9 Å². The molecular weight excluding hydrogens is 318 g/mol. The average molecular weight is 333 g/mol. The first-order valence-corrected chi connectivity index (χ1v) is 7.73. The molecule has 0 amide bonds. The van der Waals surface area contributed by atoms with Crippen molar-refractivity contribution in [2.24, 2.45) is 0 Å². The number of benzene rings is 1. The van der Waals surface area contributed by atoms with Crippen LogP contribution < -0.4 is 5.32 Å². The minimum absolute atomic E-state index is 0.0816. The molecular formula is C18H15N5O2. The van der Waals surface area contributed by atoms with Crippen LogP contribution in [-0.2, 0) is 9.53 Å². The van der Waals surface area contributed by atoms with Crippen LogP contribution in [0.1, 0.15) is 25.3 Å². The predicted molar refractivity (Wildman–Crippen MR) is 89.6 cm³/mol. The van der Waals surface area contributed by atoms with E-state index < -0.39 is 11.9 Å². The highest BCUT2D eigenvalue weighted by Crippen LogP contribution is 2.38. The maximum atomic E-state index is 12.2. The van der Waals surface area contributed by atoms with Gasteiger partial charge in [-0.3, -0.25) is 5.10 Å². The van der Waals surface area contributed by atoms with Crippen molar-refractivity contribution in [1.82, 2.24) is 15.5 Å². The quantitative estimate of drug-likeness (QED) is 0.833. The summed E-state index contributed by atoms with van der Waals surface area (Å²) < 4.78 is 5.04. The number of ether oxygens (including phenoxy) is 1. The number of esters is 1. The lowest BCUT2D eigenvalue weighted by atomic mass is 9.81. The van der Waals surface area contributed by atoms with Gasteiger partial charge >= 0.3 is 5.97 Å². The van der Waals surface area contributed by atoms with Crippen LogP contribution in [0.4, 0.5) is 0 Å². The fourth-order valence-corrected chi connectivity index (χ4v) is 2.93. The summed E-state index contributed by atoms with van der Waals surface area (Å²) in [6.07, 6.45) is 1.67. The van der Waals surface area contributed by atoms with E-state index >= 15 is 0 Å². The highest BCUT2D eigenvalue weighted by molar-refractivity contribution is 5.91. The molecule has 7 heteroatoms. The minimum atomic E-state index is -0.630. The Morgan fingerprint density at radius 2 is 2.08 bits per heavy atom. The highest BCUT2D eigenvalue weighted by Gasteiger charge is 2.34. The molecule has 2 N–H and O–H groups in total. The van der Waals surface area contributed by atoms with Gasteiger partial charge in [0.1, 0.15) is 5.70 Å².